The van der Waals surface area contributed by atoms with Crippen molar-refractivity contribution in [2.45, 2.75) is 19.9 Å². The van der Waals surface area contributed by atoms with E-state index in [1.807, 2.05) is 0 Å². The Kier molecular flexibility index (Phi) is 4.55. The molecule has 2 aliphatic heterocycles. The van der Waals surface area contributed by atoms with Gasteiger partial charge in [0.15, 0.2) is 11.5 Å². The van der Waals surface area contributed by atoms with E-state index in [0.29, 0.717) is 22.8 Å². The highest BCUT2D eigenvalue weighted by Crippen LogP contribution is 2.32. The van der Waals surface area contributed by atoms with Crippen molar-refractivity contribution in [3.63, 3.8) is 0 Å². The molecule has 2 aliphatic rings. The summed E-state index contributed by atoms with van der Waals surface area (Å²) in [5.41, 5.74) is 0.778. The number of ether oxygens (including phenoxy) is 2. The van der Waals surface area contributed by atoms with Crippen LogP contribution in [0.3, 0.4) is 0 Å². The number of nitrogens with zero attached hydrogens (tertiary/aromatic N) is 2. The third kappa shape index (κ3) is 3.25. The number of fused-ring (bicyclic) bond motifs is 1. The topological polar surface area (TPSA) is 105 Å². The first-order chi connectivity index (χ1) is 12.0. The second-order valence-corrected chi connectivity index (χ2v) is 5.60. The molecular formula is C16H17N3O6. The molecular weight excluding hydrogens is 330 g/mol. The smallest absolute Gasteiger partial charge is 0.334 e. The van der Waals surface area contributed by atoms with Crippen molar-refractivity contribution in [1.29, 1.82) is 0 Å². The molecule has 0 atom stereocenters. The predicted molar refractivity (Wildman–Crippen MR) is 83.5 cm³/mol. The molecule has 0 spiro atoms. The van der Waals surface area contributed by atoms with Gasteiger partial charge in [-0.1, -0.05) is 13.0 Å². The van der Waals surface area contributed by atoms with Gasteiger partial charge in [-0.2, -0.15) is 0 Å². The number of carbonyl (C=O) groups is 4. The average Bonchev–Trinajstić information content (AvgIpc) is 3.14. The van der Waals surface area contributed by atoms with E-state index < -0.39 is 30.3 Å². The summed E-state index contributed by atoms with van der Waals surface area (Å²) in [5, 5.41) is 2.61. The van der Waals surface area contributed by atoms with Gasteiger partial charge in [-0.25, -0.2) is 9.69 Å². The summed E-state index contributed by atoms with van der Waals surface area (Å²) in [6, 6.07) is 4.49. The monoisotopic (exact) mass is 347 g/mol. The highest BCUT2D eigenvalue weighted by Gasteiger charge is 2.44. The third-order valence-corrected chi connectivity index (χ3v) is 3.81. The van der Waals surface area contributed by atoms with Crippen LogP contribution in [0, 0.1) is 0 Å². The van der Waals surface area contributed by atoms with Crippen molar-refractivity contribution in [1.82, 2.24) is 15.1 Å². The minimum Gasteiger partial charge on any atom is -0.454 e. The number of rotatable bonds is 6. The zero-order chi connectivity index (χ0) is 18.0. The van der Waals surface area contributed by atoms with Gasteiger partial charge < -0.3 is 14.8 Å². The molecule has 9 heteroatoms. The quantitative estimate of drug-likeness (QED) is 0.583. The van der Waals surface area contributed by atoms with Gasteiger partial charge in [-0.15, -0.1) is 0 Å². The van der Waals surface area contributed by atoms with Crippen LogP contribution in [0.25, 0.3) is 0 Å². The molecule has 1 N–H and O–H groups in total. The van der Waals surface area contributed by atoms with Crippen LogP contribution in [0.4, 0.5) is 4.79 Å². The molecule has 0 bridgehead atoms. The lowest BCUT2D eigenvalue weighted by Gasteiger charge is -2.14. The molecule has 9 nitrogen and oxygen atoms in total. The number of benzene rings is 1. The van der Waals surface area contributed by atoms with Crippen molar-refractivity contribution in [2.24, 2.45) is 0 Å². The van der Waals surface area contributed by atoms with Crippen molar-refractivity contribution >= 4 is 23.8 Å². The normalized spacial score (nSPS) is 16.0. The fraction of sp³-hybridized carbons (Fsp3) is 0.375. The van der Waals surface area contributed by atoms with Gasteiger partial charge in [0, 0.05) is 13.1 Å². The van der Waals surface area contributed by atoms with Crippen LogP contribution in [-0.2, 0) is 20.9 Å². The Morgan fingerprint density at radius 1 is 1.12 bits per heavy atom. The second-order valence-electron chi connectivity index (χ2n) is 5.60. The number of hydrogen-bond donors (Lipinski definition) is 1. The number of carbonyl (C=O) groups excluding carboxylic acids is 4. The maximum absolute atomic E-state index is 12.1. The third-order valence-electron chi connectivity index (χ3n) is 3.81. The first-order valence-corrected chi connectivity index (χ1v) is 7.83. The zero-order valence-corrected chi connectivity index (χ0v) is 13.6. The molecule has 3 rings (SSSR count). The van der Waals surface area contributed by atoms with Crippen molar-refractivity contribution in [2.75, 3.05) is 19.9 Å². The molecule has 2 heterocycles. The van der Waals surface area contributed by atoms with Crippen LogP contribution in [0.1, 0.15) is 18.9 Å². The van der Waals surface area contributed by atoms with Crippen LogP contribution < -0.4 is 14.8 Å². The summed E-state index contributed by atoms with van der Waals surface area (Å²) in [6.45, 7) is 1.80. The molecule has 1 aromatic rings. The fourth-order valence-electron chi connectivity index (χ4n) is 2.56. The molecule has 0 unspecified atom stereocenters. The van der Waals surface area contributed by atoms with E-state index in [-0.39, 0.29) is 19.9 Å². The Morgan fingerprint density at radius 3 is 2.60 bits per heavy atom. The van der Waals surface area contributed by atoms with E-state index in [0.717, 1.165) is 10.5 Å². The summed E-state index contributed by atoms with van der Waals surface area (Å²) in [6.07, 6.45) is 0.537. The SMILES string of the molecule is CCCN1C(=O)C(=O)N(CC(=O)NCc2ccc3c(c2)OCO3)C1=O. The highest BCUT2D eigenvalue weighted by atomic mass is 16.7. The summed E-state index contributed by atoms with van der Waals surface area (Å²) < 4.78 is 10.5. The zero-order valence-electron chi connectivity index (χ0n) is 13.6. The number of imide groups is 2. The number of nitrogens with one attached hydrogen (secondary N) is 1. The standard InChI is InChI=1S/C16H17N3O6/c1-2-5-18-14(21)15(22)19(16(18)23)8-13(20)17-7-10-3-4-11-12(6-10)25-9-24-11/h3-4,6H,2,5,7-9H2,1H3,(H,17,20). The van der Waals surface area contributed by atoms with Crippen molar-refractivity contribution in [3.05, 3.63) is 23.8 Å². The number of amides is 5. The van der Waals surface area contributed by atoms with E-state index in [1.54, 1.807) is 25.1 Å². The summed E-state index contributed by atoms with van der Waals surface area (Å²) in [4.78, 5) is 49.2. The van der Waals surface area contributed by atoms with E-state index in [2.05, 4.69) is 5.32 Å². The van der Waals surface area contributed by atoms with E-state index >= 15 is 0 Å². The van der Waals surface area contributed by atoms with Crippen LogP contribution in [-0.4, -0.2) is 53.4 Å². The molecule has 0 radical (unpaired) electrons. The Labute approximate surface area is 143 Å². The van der Waals surface area contributed by atoms with Crippen LogP contribution >= 0.6 is 0 Å². The molecule has 0 aromatic heterocycles. The van der Waals surface area contributed by atoms with Gasteiger partial charge in [0.2, 0.25) is 12.7 Å². The number of urea groups is 1. The summed E-state index contributed by atoms with van der Waals surface area (Å²) in [7, 11) is 0. The fourth-order valence-corrected chi connectivity index (χ4v) is 2.56. The average molecular weight is 347 g/mol. The Hall–Kier alpha value is -3.10. The highest BCUT2D eigenvalue weighted by molar-refractivity contribution is 6.45. The van der Waals surface area contributed by atoms with Gasteiger partial charge in [0.1, 0.15) is 6.54 Å². The van der Waals surface area contributed by atoms with Gasteiger partial charge in [0.05, 0.1) is 0 Å². The maximum Gasteiger partial charge on any atom is 0.334 e. The summed E-state index contributed by atoms with van der Waals surface area (Å²) >= 11 is 0. The van der Waals surface area contributed by atoms with E-state index in [4.69, 9.17) is 9.47 Å². The van der Waals surface area contributed by atoms with Crippen LogP contribution in [0.15, 0.2) is 18.2 Å². The van der Waals surface area contributed by atoms with Gasteiger partial charge in [-0.3, -0.25) is 19.3 Å². The first-order valence-electron chi connectivity index (χ1n) is 7.83. The minimum atomic E-state index is -0.975. The molecule has 1 aromatic carbocycles. The molecule has 25 heavy (non-hydrogen) atoms. The van der Waals surface area contributed by atoms with Gasteiger partial charge >= 0.3 is 17.8 Å². The largest absolute Gasteiger partial charge is 0.454 e. The Bertz CT molecular complexity index is 747. The molecule has 1 fully saturated rings. The van der Waals surface area contributed by atoms with E-state index in [1.165, 1.54) is 0 Å². The van der Waals surface area contributed by atoms with Gasteiger partial charge in [0.25, 0.3) is 0 Å². The lowest BCUT2D eigenvalue weighted by atomic mass is 10.2. The van der Waals surface area contributed by atoms with Crippen LogP contribution in [0.2, 0.25) is 0 Å². The first kappa shape index (κ1) is 16.7. The molecule has 5 amide bonds. The molecule has 132 valence electrons. The lowest BCUT2D eigenvalue weighted by Crippen LogP contribution is -2.41. The molecule has 1 saturated heterocycles. The second kappa shape index (κ2) is 6.80. The summed E-state index contributed by atoms with van der Waals surface area (Å²) in [5.74, 6) is -1.17. The lowest BCUT2D eigenvalue weighted by molar-refractivity contribution is -0.144. The van der Waals surface area contributed by atoms with Crippen molar-refractivity contribution in [3.8, 4) is 11.5 Å². The minimum absolute atomic E-state index is 0.152. The molecule has 0 saturated carbocycles. The maximum atomic E-state index is 12.1. The van der Waals surface area contributed by atoms with E-state index in [9.17, 15) is 19.2 Å². The van der Waals surface area contributed by atoms with Crippen molar-refractivity contribution < 1.29 is 28.7 Å². The number of hydrogen-bond acceptors (Lipinski definition) is 6. The molecule has 0 aliphatic carbocycles. The Morgan fingerprint density at radius 2 is 1.84 bits per heavy atom. The predicted octanol–water partition coefficient (Wildman–Crippen LogP) is 0.232. The Balaban J connectivity index is 1.56. The van der Waals surface area contributed by atoms with Crippen LogP contribution in [0.5, 0.6) is 11.5 Å². The van der Waals surface area contributed by atoms with Gasteiger partial charge in [-0.05, 0) is 24.1 Å².